The molecule has 0 bridgehead atoms. The van der Waals surface area contributed by atoms with E-state index >= 15 is 0 Å². The van der Waals surface area contributed by atoms with Crippen molar-refractivity contribution in [2.75, 3.05) is 34.0 Å². The molecular weight excluding hydrogens is 268 g/mol. The second-order valence-electron chi connectivity index (χ2n) is 5.08. The van der Waals surface area contributed by atoms with E-state index in [1.165, 1.54) is 5.57 Å². The van der Waals surface area contributed by atoms with E-state index in [0.717, 1.165) is 35.5 Å². The first-order valence-corrected chi connectivity index (χ1v) is 7.17. The molecule has 0 spiro atoms. The molecule has 118 valence electrons. The molecule has 21 heavy (non-hydrogen) atoms. The SMILES string of the molecule is COCCCOc1cc(CC(C)=C(C)CO)ccc1OC. The van der Waals surface area contributed by atoms with E-state index in [4.69, 9.17) is 14.2 Å². The van der Waals surface area contributed by atoms with Gasteiger partial charge in [-0.05, 0) is 43.5 Å². The molecule has 0 saturated heterocycles. The van der Waals surface area contributed by atoms with Gasteiger partial charge in [0.05, 0.1) is 20.3 Å². The van der Waals surface area contributed by atoms with Crippen molar-refractivity contribution in [1.29, 1.82) is 0 Å². The van der Waals surface area contributed by atoms with E-state index in [1.807, 2.05) is 32.0 Å². The molecule has 1 N–H and O–H groups in total. The van der Waals surface area contributed by atoms with E-state index in [9.17, 15) is 5.11 Å². The minimum absolute atomic E-state index is 0.0996. The van der Waals surface area contributed by atoms with Gasteiger partial charge in [-0.1, -0.05) is 11.6 Å². The molecule has 0 aromatic heterocycles. The molecule has 0 aliphatic carbocycles. The Morgan fingerprint density at radius 1 is 1.05 bits per heavy atom. The van der Waals surface area contributed by atoms with Crippen molar-refractivity contribution in [3.63, 3.8) is 0 Å². The number of hydrogen-bond donors (Lipinski definition) is 1. The number of methoxy groups -OCH3 is 2. The fourth-order valence-corrected chi connectivity index (χ4v) is 1.92. The lowest BCUT2D eigenvalue weighted by Crippen LogP contribution is -2.03. The average molecular weight is 294 g/mol. The molecule has 0 amide bonds. The average Bonchev–Trinajstić information content (AvgIpc) is 2.51. The molecule has 0 aliphatic rings. The van der Waals surface area contributed by atoms with Gasteiger partial charge in [-0.15, -0.1) is 0 Å². The zero-order valence-corrected chi connectivity index (χ0v) is 13.4. The van der Waals surface area contributed by atoms with Crippen molar-refractivity contribution in [2.24, 2.45) is 0 Å². The van der Waals surface area contributed by atoms with Crippen LogP contribution in [-0.4, -0.2) is 39.1 Å². The highest BCUT2D eigenvalue weighted by Gasteiger charge is 2.07. The number of allylic oxidation sites excluding steroid dienone is 1. The van der Waals surface area contributed by atoms with Crippen molar-refractivity contribution < 1.29 is 19.3 Å². The summed E-state index contributed by atoms with van der Waals surface area (Å²) in [5.74, 6) is 1.48. The third-order valence-electron chi connectivity index (χ3n) is 3.41. The van der Waals surface area contributed by atoms with Crippen LogP contribution in [0.4, 0.5) is 0 Å². The van der Waals surface area contributed by atoms with Gasteiger partial charge >= 0.3 is 0 Å². The standard InChI is InChI=1S/C17H26O4/c1-13(14(2)12-18)10-15-6-7-16(20-4)17(11-15)21-9-5-8-19-3/h6-7,11,18H,5,8-10,12H2,1-4H3. The number of rotatable bonds is 9. The fourth-order valence-electron chi connectivity index (χ4n) is 1.92. The maximum atomic E-state index is 9.17. The van der Waals surface area contributed by atoms with Crippen LogP contribution < -0.4 is 9.47 Å². The van der Waals surface area contributed by atoms with Crippen LogP contribution in [0.1, 0.15) is 25.8 Å². The Hall–Kier alpha value is -1.52. The maximum Gasteiger partial charge on any atom is 0.161 e. The van der Waals surface area contributed by atoms with Gasteiger partial charge < -0.3 is 19.3 Å². The van der Waals surface area contributed by atoms with Crippen LogP contribution >= 0.6 is 0 Å². The topological polar surface area (TPSA) is 47.9 Å². The van der Waals surface area contributed by atoms with E-state index in [0.29, 0.717) is 13.2 Å². The molecular formula is C17H26O4. The summed E-state index contributed by atoms with van der Waals surface area (Å²) in [5, 5.41) is 9.17. The molecule has 0 aliphatic heterocycles. The number of benzene rings is 1. The Morgan fingerprint density at radius 2 is 1.81 bits per heavy atom. The predicted octanol–water partition coefficient (Wildman–Crippen LogP) is 2.98. The lowest BCUT2D eigenvalue weighted by Gasteiger charge is -2.13. The summed E-state index contributed by atoms with van der Waals surface area (Å²) in [6, 6.07) is 5.94. The Kier molecular flexibility index (Phi) is 7.87. The summed E-state index contributed by atoms with van der Waals surface area (Å²) in [6.45, 7) is 5.36. The van der Waals surface area contributed by atoms with Gasteiger partial charge in [0.2, 0.25) is 0 Å². The smallest absolute Gasteiger partial charge is 0.161 e. The van der Waals surface area contributed by atoms with Crippen LogP contribution in [0.2, 0.25) is 0 Å². The van der Waals surface area contributed by atoms with Gasteiger partial charge in [0, 0.05) is 20.1 Å². The highest BCUT2D eigenvalue weighted by molar-refractivity contribution is 5.44. The third kappa shape index (κ3) is 5.78. The summed E-state index contributed by atoms with van der Waals surface area (Å²) in [7, 11) is 3.32. The van der Waals surface area contributed by atoms with Crippen LogP contribution in [0.5, 0.6) is 11.5 Å². The molecule has 4 nitrogen and oxygen atoms in total. The van der Waals surface area contributed by atoms with Crippen molar-refractivity contribution in [3.8, 4) is 11.5 Å². The zero-order valence-electron chi connectivity index (χ0n) is 13.4. The minimum atomic E-state index is 0.0996. The second kappa shape index (κ2) is 9.42. The molecule has 1 rings (SSSR count). The Labute approximate surface area is 127 Å². The van der Waals surface area contributed by atoms with Gasteiger partial charge in [0.25, 0.3) is 0 Å². The molecule has 0 fully saturated rings. The molecule has 4 heteroatoms. The number of aliphatic hydroxyl groups is 1. The van der Waals surface area contributed by atoms with Crippen LogP contribution in [0, 0.1) is 0 Å². The lowest BCUT2D eigenvalue weighted by molar-refractivity contribution is 0.170. The summed E-state index contributed by atoms with van der Waals surface area (Å²) >= 11 is 0. The summed E-state index contributed by atoms with van der Waals surface area (Å²) in [5.41, 5.74) is 3.32. The van der Waals surface area contributed by atoms with Crippen LogP contribution in [-0.2, 0) is 11.2 Å². The first-order valence-electron chi connectivity index (χ1n) is 7.17. The maximum absolute atomic E-state index is 9.17. The van der Waals surface area contributed by atoms with Crippen LogP contribution in [0.3, 0.4) is 0 Å². The molecule has 0 radical (unpaired) electrons. The lowest BCUT2D eigenvalue weighted by atomic mass is 10.0. The third-order valence-corrected chi connectivity index (χ3v) is 3.41. The van der Waals surface area contributed by atoms with Gasteiger partial charge in [0.1, 0.15) is 0 Å². The van der Waals surface area contributed by atoms with E-state index in [-0.39, 0.29) is 6.61 Å². The van der Waals surface area contributed by atoms with E-state index in [1.54, 1.807) is 14.2 Å². The van der Waals surface area contributed by atoms with Crippen molar-refractivity contribution in [1.82, 2.24) is 0 Å². The Balaban J connectivity index is 2.79. The molecule has 1 aromatic rings. The molecule has 0 saturated carbocycles. The van der Waals surface area contributed by atoms with Crippen LogP contribution in [0.15, 0.2) is 29.3 Å². The van der Waals surface area contributed by atoms with Gasteiger partial charge in [-0.2, -0.15) is 0 Å². The highest BCUT2D eigenvalue weighted by atomic mass is 16.5. The molecule has 0 atom stereocenters. The quantitative estimate of drug-likeness (QED) is 0.562. The molecule has 0 heterocycles. The van der Waals surface area contributed by atoms with Gasteiger partial charge in [-0.25, -0.2) is 0 Å². The van der Waals surface area contributed by atoms with Gasteiger partial charge in [0.15, 0.2) is 11.5 Å². The van der Waals surface area contributed by atoms with E-state index < -0.39 is 0 Å². The number of hydrogen-bond acceptors (Lipinski definition) is 4. The summed E-state index contributed by atoms with van der Waals surface area (Å²) in [4.78, 5) is 0. The molecule has 0 unspecified atom stereocenters. The summed E-state index contributed by atoms with van der Waals surface area (Å²) in [6.07, 6.45) is 1.64. The normalized spacial score (nSPS) is 12.0. The van der Waals surface area contributed by atoms with Gasteiger partial charge in [-0.3, -0.25) is 0 Å². The second-order valence-corrected chi connectivity index (χ2v) is 5.08. The first kappa shape index (κ1) is 17.5. The summed E-state index contributed by atoms with van der Waals surface area (Å²) < 4.78 is 16.1. The van der Waals surface area contributed by atoms with Crippen molar-refractivity contribution in [3.05, 3.63) is 34.9 Å². The van der Waals surface area contributed by atoms with Crippen LogP contribution in [0.25, 0.3) is 0 Å². The first-order chi connectivity index (χ1) is 10.1. The van der Waals surface area contributed by atoms with Crippen molar-refractivity contribution in [2.45, 2.75) is 26.7 Å². The fraction of sp³-hybridized carbons (Fsp3) is 0.529. The Bertz CT molecular complexity index is 466. The number of ether oxygens (including phenoxy) is 3. The van der Waals surface area contributed by atoms with Crippen molar-refractivity contribution >= 4 is 0 Å². The Morgan fingerprint density at radius 3 is 2.43 bits per heavy atom. The molecule has 1 aromatic carbocycles. The monoisotopic (exact) mass is 294 g/mol. The highest BCUT2D eigenvalue weighted by Crippen LogP contribution is 2.29. The number of aliphatic hydroxyl groups excluding tert-OH is 1. The van der Waals surface area contributed by atoms with E-state index in [2.05, 4.69) is 0 Å². The largest absolute Gasteiger partial charge is 0.493 e. The zero-order chi connectivity index (χ0) is 15.7. The predicted molar refractivity (Wildman–Crippen MR) is 84.1 cm³/mol. The minimum Gasteiger partial charge on any atom is -0.493 e.